The van der Waals surface area contributed by atoms with Gasteiger partial charge in [-0.1, -0.05) is 30.3 Å². The number of piperazine rings is 1. The van der Waals surface area contributed by atoms with Gasteiger partial charge in [0, 0.05) is 39.3 Å². The molecule has 2 aliphatic heterocycles. The highest BCUT2D eigenvalue weighted by molar-refractivity contribution is 5.82. The Bertz CT molecular complexity index is 881. The third-order valence-electron chi connectivity index (χ3n) is 5.52. The van der Waals surface area contributed by atoms with E-state index in [2.05, 4.69) is 25.3 Å². The van der Waals surface area contributed by atoms with Crippen molar-refractivity contribution < 1.29 is 19.1 Å². The van der Waals surface area contributed by atoms with Crippen LogP contribution in [0.3, 0.4) is 0 Å². The molecule has 2 amide bonds. The molecule has 32 heavy (non-hydrogen) atoms. The Morgan fingerprint density at radius 2 is 1.50 bits per heavy atom. The van der Waals surface area contributed by atoms with E-state index in [0.717, 1.165) is 30.3 Å². The van der Waals surface area contributed by atoms with E-state index in [-0.39, 0.29) is 19.1 Å². The lowest BCUT2D eigenvalue weighted by atomic mass is 10.2. The van der Waals surface area contributed by atoms with Crippen molar-refractivity contribution in [2.75, 3.05) is 68.8 Å². The van der Waals surface area contributed by atoms with Gasteiger partial charge < -0.3 is 29.5 Å². The Hall–Kier alpha value is -3.40. The zero-order chi connectivity index (χ0) is 22.2. The minimum atomic E-state index is -0.600. The first-order valence-corrected chi connectivity index (χ1v) is 10.8. The van der Waals surface area contributed by atoms with Crippen molar-refractivity contribution in [3.05, 3.63) is 48.0 Å². The largest absolute Gasteiger partial charge is 0.445 e. The predicted octanol–water partition coefficient (Wildman–Crippen LogP) is 0.888. The molecule has 1 N–H and O–H groups in total. The number of benzene rings is 1. The highest BCUT2D eigenvalue weighted by Crippen LogP contribution is 2.17. The summed E-state index contributed by atoms with van der Waals surface area (Å²) in [6, 6.07) is 13.4. The van der Waals surface area contributed by atoms with Gasteiger partial charge in [0.05, 0.1) is 13.2 Å². The Balaban J connectivity index is 1.18. The quantitative estimate of drug-likeness (QED) is 0.707. The zero-order valence-electron chi connectivity index (χ0n) is 18.0. The van der Waals surface area contributed by atoms with Gasteiger partial charge in [-0.25, -0.2) is 4.79 Å². The molecule has 2 saturated heterocycles. The number of carbonyl (C=O) groups is 2. The van der Waals surface area contributed by atoms with E-state index in [4.69, 9.17) is 9.47 Å². The fourth-order valence-corrected chi connectivity index (χ4v) is 3.67. The molecule has 2 aromatic rings. The summed E-state index contributed by atoms with van der Waals surface area (Å²) in [5.41, 5.74) is 0.895. The van der Waals surface area contributed by atoms with Gasteiger partial charge in [0.2, 0.25) is 5.91 Å². The maximum absolute atomic E-state index is 12.4. The smallest absolute Gasteiger partial charge is 0.407 e. The third kappa shape index (κ3) is 5.85. The van der Waals surface area contributed by atoms with Crippen molar-refractivity contribution in [1.29, 1.82) is 0 Å². The maximum atomic E-state index is 12.4. The molecule has 10 nitrogen and oxygen atoms in total. The van der Waals surface area contributed by atoms with E-state index in [9.17, 15) is 9.59 Å². The van der Waals surface area contributed by atoms with Crippen molar-refractivity contribution in [2.24, 2.45) is 0 Å². The summed E-state index contributed by atoms with van der Waals surface area (Å²) in [7, 11) is 0. The standard InChI is InChI=1S/C22H28N6O4/c29-21(16-23-22(30)32-17-18-4-2-1-3-5-18)28-10-8-26(9-11-28)19-6-7-20(25-24-19)27-12-14-31-15-13-27/h1-7H,8-17H2,(H,23,30). The molecule has 0 spiro atoms. The van der Waals surface area contributed by atoms with E-state index in [1.54, 1.807) is 4.90 Å². The lowest BCUT2D eigenvalue weighted by molar-refractivity contribution is -0.130. The van der Waals surface area contributed by atoms with E-state index >= 15 is 0 Å². The van der Waals surface area contributed by atoms with Crippen molar-refractivity contribution in [3.63, 3.8) is 0 Å². The van der Waals surface area contributed by atoms with E-state index < -0.39 is 6.09 Å². The van der Waals surface area contributed by atoms with Gasteiger partial charge in [-0.15, -0.1) is 10.2 Å². The summed E-state index contributed by atoms with van der Waals surface area (Å²) in [5, 5.41) is 11.3. The summed E-state index contributed by atoms with van der Waals surface area (Å²) >= 11 is 0. The van der Waals surface area contributed by atoms with Crippen LogP contribution in [-0.2, 0) is 20.9 Å². The second-order valence-electron chi connectivity index (χ2n) is 7.63. The van der Waals surface area contributed by atoms with E-state index in [1.165, 1.54) is 0 Å². The molecule has 1 aromatic carbocycles. The molecule has 0 saturated carbocycles. The van der Waals surface area contributed by atoms with Crippen LogP contribution in [0.25, 0.3) is 0 Å². The SMILES string of the molecule is O=C(NCC(=O)N1CCN(c2ccc(N3CCOCC3)nn2)CC1)OCc1ccccc1. The average Bonchev–Trinajstić information content (AvgIpc) is 2.87. The number of ether oxygens (including phenoxy) is 2. The Kier molecular flexibility index (Phi) is 7.34. The van der Waals surface area contributed by atoms with Crippen molar-refractivity contribution >= 4 is 23.6 Å². The fraction of sp³-hybridized carbons (Fsp3) is 0.455. The summed E-state index contributed by atoms with van der Waals surface area (Å²) < 4.78 is 10.5. The molecule has 170 valence electrons. The van der Waals surface area contributed by atoms with Gasteiger partial charge in [0.25, 0.3) is 0 Å². The molecule has 1 aromatic heterocycles. The molecule has 0 radical (unpaired) electrons. The summed E-state index contributed by atoms with van der Waals surface area (Å²) in [5.74, 6) is 1.53. The molecule has 4 rings (SSSR count). The van der Waals surface area contributed by atoms with Crippen LogP contribution in [0.5, 0.6) is 0 Å². The first-order valence-electron chi connectivity index (χ1n) is 10.8. The molecule has 0 aliphatic carbocycles. The van der Waals surface area contributed by atoms with Gasteiger partial charge in [-0.2, -0.15) is 0 Å². The van der Waals surface area contributed by atoms with Crippen molar-refractivity contribution in [3.8, 4) is 0 Å². The van der Waals surface area contributed by atoms with Crippen LogP contribution in [0.15, 0.2) is 42.5 Å². The van der Waals surface area contributed by atoms with E-state index in [1.807, 2.05) is 42.5 Å². The van der Waals surface area contributed by atoms with Gasteiger partial charge in [0.1, 0.15) is 13.2 Å². The maximum Gasteiger partial charge on any atom is 0.407 e. The van der Waals surface area contributed by atoms with Crippen LogP contribution in [0, 0.1) is 0 Å². The topological polar surface area (TPSA) is 100 Å². The molecular weight excluding hydrogens is 412 g/mol. The van der Waals surface area contributed by atoms with Crippen LogP contribution in [0.1, 0.15) is 5.56 Å². The van der Waals surface area contributed by atoms with Gasteiger partial charge >= 0.3 is 6.09 Å². The molecule has 10 heteroatoms. The number of anilines is 2. The minimum absolute atomic E-state index is 0.0817. The molecule has 0 bridgehead atoms. The van der Waals surface area contributed by atoms with Gasteiger partial charge in [0.15, 0.2) is 11.6 Å². The monoisotopic (exact) mass is 440 g/mol. The van der Waals surface area contributed by atoms with Crippen LogP contribution >= 0.6 is 0 Å². The normalized spacial score (nSPS) is 16.6. The minimum Gasteiger partial charge on any atom is -0.445 e. The number of nitrogens with one attached hydrogen (secondary N) is 1. The first-order chi connectivity index (χ1) is 15.7. The Morgan fingerprint density at radius 1 is 0.875 bits per heavy atom. The number of carbonyl (C=O) groups excluding carboxylic acids is 2. The fourth-order valence-electron chi connectivity index (χ4n) is 3.67. The molecule has 3 heterocycles. The average molecular weight is 441 g/mol. The number of aromatic nitrogens is 2. The highest BCUT2D eigenvalue weighted by Gasteiger charge is 2.23. The highest BCUT2D eigenvalue weighted by atomic mass is 16.5. The lowest BCUT2D eigenvalue weighted by Crippen LogP contribution is -2.51. The summed E-state index contributed by atoms with van der Waals surface area (Å²) in [6.07, 6.45) is -0.600. The third-order valence-corrected chi connectivity index (χ3v) is 5.52. The number of hydrogen-bond donors (Lipinski definition) is 1. The molecule has 0 atom stereocenters. The lowest BCUT2D eigenvalue weighted by Gasteiger charge is -2.35. The molecular formula is C22H28N6O4. The number of hydrogen-bond acceptors (Lipinski definition) is 8. The number of amides is 2. The molecule has 0 unspecified atom stereocenters. The number of alkyl carbamates (subject to hydrolysis) is 1. The van der Waals surface area contributed by atoms with Gasteiger partial charge in [-0.3, -0.25) is 4.79 Å². The van der Waals surface area contributed by atoms with Crippen molar-refractivity contribution in [2.45, 2.75) is 6.61 Å². The number of rotatable bonds is 6. The van der Waals surface area contributed by atoms with Crippen LogP contribution < -0.4 is 15.1 Å². The van der Waals surface area contributed by atoms with Crippen LogP contribution in [0.2, 0.25) is 0 Å². The number of morpholine rings is 1. The first kappa shape index (κ1) is 21.8. The second-order valence-corrected chi connectivity index (χ2v) is 7.63. The summed E-state index contributed by atoms with van der Waals surface area (Å²) in [6.45, 7) is 5.60. The Morgan fingerprint density at radius 3 is 2.12 bits per heavy atom. The second kappa shape index (κ2) is 10.8. The summed E-state index contributed by atoms with van der Waals surface area (Å²) in [4.78, 5) is 30.3. The van der Waals surface area contributed by atoms with Crippen molar-refractivity contribution in [1.82, 2.24) is 20.4 Å². The van der Waals surface area contributed by atoms with Crippen LogP contribution in [-0.4, -0.2) is 86.1 Å². The van der Waals surface area contributed by atoms with Gasteiger partial charge in [-0.05, 0) is 17.7 Å². The van der Waals surface area contributed by atoms with Crippen LogP contribution in [0.4, 0.5) is 16.4 Å². The molecule has 2 fully saturated rings. The van der Waals surface area contributed by atoms with E-state index in [0.29, 0.717) is 39.4 Å². The molecule has 2 aliphatic rings. The predicted molar refractivity (Wildman–Crippen MR) is 118 cm³/mol. The number of nitrogens with zero attached hydrogens (tertiary/aromatic N) is 5. The Labute approximate surface area is 187 Å². The zero-order valence-corrected chi connectivity index (χ0v) is 18.0.